The molecule has 0 fully saturated rings. The summed E-state index contributed by atoms with van der Waals surface area (Å²) in [4.78, 5) is 35.4. The van der Waals surface area contributed by atoms with E-state index in [1.165, 1.54) is 43.5 Å². The summed E-state index contributed by atoms with van der Waals surface area (Å²) in [6.45, 7) is 0. The van der Waals surface area contributed by atoms with Crippen LogP contribution in [0, 0.1) is 5.82 Å². The van der Waals surface area contributed by atoms with E-state index in [1.54, 1.807) is 12.1 Å². The van der Waals surface area contributed by atoms with Crippen molar-refractivity contribution in [3.8, 4) is 0 Å². The zero-order chi connectivity index (χ0) is 17.5. The fourth-order valence-corrected chi connectivity index (χ4v) is 1.96. The van der Waals surface area contributed by atoms with Crippen LogP contribution < -0.4 is 10.6 Å². The number of hydrogen-bond donors (Lipinski definition) is 2. The van der Waals surface area contributed by atoms with E-state index in [4.69, 9.17) is 0 Å². The number of ether oxygens (including phenoxy) is 1. The Morgan fingerprint density at radius 3 is 2.25 bits per heavy atom. The number of carbonyl (C=O) groups excluding carboxylic acids is 3. The molecule has 0 radical (unpaired) electrons. The molecule has 2 aromatic carbocycles. The monoisotopic (exact) mass is 330 g/mol. The Morgan fingerprint density at radius 1 is 0.958 bits per heavy atom. The van der Waals surface area contributed by atoms with Gasteiger partial charge >= 0.3 is 5.97 Å². The van der Waals surface area contributed by atoms with E-state index in [9.17, 15) is 18.8 Å². The van der Waals surface area contributed by atoms with Crippen LogP contribution in [0.25, 0.3) is 0 Å². The van der Waals surface area contributed by atoms with Gasteiger partial charge in [0.05, 0.1) is 18.4 Å². The Labute approximate surface area is 137 Å². The molecule has 0 heterocycles. The van der Waals surface area contributed by atoms with Crippen molar-refractivity contribution in [2.75, 3.05) is 17.7 Å². The lowest BCUT2D eigenvalue weighted by Crippen LogP contribution is -2.22. The van der Waals surface area contributed by atoms with Gasteiger partial charge in [0.15, 0.2) is 0 Å². The first-order chi connectivity index (χ1) is 11.5. The van der Waals surface area contributed by atoms with E-state index in [0.717, 1.165) is 0 Å². The van der Waals surface area contributed by atoms with Gasteiger partial charge in [0.25, 0.3) is 0 Å². The fraction of sp³-hybridized carbons (Fsp3) is 0.118. The van der Waals surface area contributed by atoms with Crippen LogP contribution in [-0.2, 0) is 14.3 Å². The number of carbonyl (C=O) groups is 3. The Kier molecular flexibility index (Phi) is 5.62. The van der Waals surface area contributed by atoms with Crippen molar-refractivity contribution in [3.05, 3.63) is 59.9 Å². The molecule has 0 saturated carbocycles. The number of nitrogens with one attached hydrogen (secondary N) is 2. The first-order valence-corrected chi connectivity index (χ1v) is 7.02. The van der Waals surface area contributed by atoms with Crippen LogP contribution in [0.3, 0.4) is 0 Å². The van der Waals surface area contributed by atoms with Crippen LogP contribution in [0.2, 0.25) is 0 Å². The first kappa shape index (κ1) is 17.1. The Hall–Kier alpha value is -3.22. The largest absolute Gasteiger partial charge is 0.465 e. The predicted molar refractivity (Wildman–Crippen MR) is 86.1 cm³/mol. The highest BCUT2D eigenvalue weighted by Crippen LogP contribution is 2.16. The second kappa shape index (κ2) is 7.87. The van der Waals surface area contributed by atoms with Crippen LogP contribution in [0.1, 0.15) is 16.8 Å². The summed E-state index contributed by atoms with van der Waals surface area (Å²) >= 11 is 0. The highest BCUT2D eigenvalue weighted by atomic mass is 19.1. The van der Waals surface area contributed by atoms with E-state index >= 15 is 0 Å². The number of esters is 1. The minimum atomic E-state index is -0.596. The maximum absolute atomic E-state index is 12.8. The van der Waals surface area contributed by atoms with Gasteiger partial charge in [-0.2, -0.15) is 0 Å². The molecule has 0 saturated heterocycles. The number of para-hydroxylation sites is 1. The normalized spacial score (nSPS) is 9.92. The number of rotatable bonds is 5. The van der Waals surface area contributed by atoms with E-state index in [0.29, 0.717) is 5.69 Å². The molecule has 2 N–H and O–H groups in total. The van der Waals surface area contributed by atoms with Crippen LogP contribution in [-0.4, -0.2) is 24.9 Å². The number of hydrogen-bond acceptors (Lipinski definition) is 4. The third kappa shape index (κ3) is 4.64. The van der Waals surface area contributed by atoms with Crippen molar-refractivity contribution in [1.29, 1.82) is 0 Å². The molecule has 7 heteroatoms. The average molecular weight is 330 g/mol. The minimum Gasteiger partial charge on any atom is -0.465 e. The standard InChI is InChI=1S/C17H15FN2O4/c1-24-17(23)13-4-2-3-5-14(13)20-16(22)10-15(21)19-12-8-6-11(18)7-9-12/h2-9H,10H2,1H3,(H,19,21)(H,20,22). The highest BCUT2D eigenvalue weighted by molar-refractivity contribution is 6.09. The number of methoxy groups -OCH3 is 1. The lowest BCUT2D eigenvalue weighted by molar-refractivity contribution is -0.123. The minimum absolute atomic E-state index is 0.187. The van der Waals surface area contributed by atoms with E-state index in [-0.39, 0.29) is 11.3 Å². The molecule has 124 valence electrons. The van der Waals surface area contributed by atoms with Crippen molar-refractivity contribution >= 4 is 29.2 Å². The summed E-state index contributed by atoms with van der Waals surface area (Å²) in [6, 6.07) is 11.5. The highest BCUT2D eigenvalue weighted by Gasteiger charge is 2.15. The molecule has 0 aromatic heterocycles. The number of halogens is 1. The summed E-state index contributed by atoms with van der Waals surface area (Å²) in [5.74, 6) is -2.17. The van der Waals surface area contributed by atoms with Gasteiger partial charge in [0.2, 0.25) is 11.8 Å². The SMILES string of the molecule is COC(=O)c1ccccc1NC(=O)CC(=O)Nc1ccc(F)cc1. The molecule has 0 aliphatic heterocycles. The quantitative estimate of drug-likeness (QED) is 0.652. The van der Waals surface area contributed by atoms with Gasteiger partial charge < -0.3 is 15.4 Å². The lowest BCUT2D eigenvalue weighted by Gasteiger charge is -2.10. The van der Waals surface area contributed by atoms with Gasteiger partial charge in [0, 0.05) is 5.69 Å². The maximum atomic E-state index is 12.8. The van der Waals surface area contributed by atoms with Gasteiger partial charge in [-0.05, 0) is 36.4 Å². The Bertz CT molecular complexity index is 759. The molecule has 24 heavy (non-hydrogen) atoms. The number of amides is 2. The molecule has 0 aliphatic rings. The Morgan fingerprint density at radius 2 is 1.58 bits per heavy atom. The second-order valence-corrected chi connectivity index (χ2v) is 4.82. The summed E-state index contributed by atoms with van der Waals surface area (Å²) in [6.07, 6.45) is -0.452. The number of anilines is 2. The second-order valence-electron chi connectivity index (χ2n) is 4.82. The van der Waals surface area contributed by atoms with Crippen molar-refractivity contribution < 1.29 is 23.5 Å². The Balaban J connectivity index is 1.97. The number of benzene rings is 2. The molecule has 2 rings (SSSR count). The lowest BCUT2D eigenvalue weighted by atomic mass is 10.1. The van der Waals surface area contributed by atoms with Crippen LogP contribution in [0.15, 0.2) is 48.5 Å². The summed E-state index contributed by atoms with van der Waals surface area (Å²) < 4.78 is 17.4. The zero-order valence-corrected chi connectivity index (χ0v) is 12.8. The van der Waals surface area contributed by atoms with Crippen molar-refractivity contribution in [3.63, 3.8) is 0 Å². The molecule has 0 unspecified atom stereocenters. The first-order valence-electron chi connectivity index (χ1n) is 7.02. The molecular formula is C17H15FN2O4. The fourth-order valence-electron chi connectivity index (χ4n) is 1.96. The van der Waals surface area contributed by atoms with Gasteiger partial charge in [0.1, 0.15) is 12.2 Å². The average Bonchev–Trinajstić information content (AvgIpc) is 2.56. The molecule has 0 spiro atoms. The van der Waals surface area contributed by atoms with E-state index in [1.807, 2.05) is 0 Å². The molecule has 0 atom stereocenters. The van der Waals surface area contributed by atoms with Crippen molar-refractivity contribution in [2.45, 2.75) is 6.42 Å². The zero-order valence-electron chi connectivity index (χ0n) is 12.8. The molecule has 0 bridgehead atoms. The molecule has 0 aliphatic carbocycles. The predicted octanol–water partition coefficient (Wildman–Crippen LogP) is 2.58. The third-order valence-electron chi connectivity index (χ3n) is 3.06. The topological polar surface area (TPSA) is 84.5 Å². The third-order valence-corrected chi connectivity index (χ3v) is 3.06. The summed E-state index contributed by atoms with van der Waals surface area (Å²) in [7, 11) is 1.23. The van der Waals surface area contributed by atoms with E-state index < -0.39 is 30.0 Å². The smallest absolute Gasteiger partial charge is 0.339 e. The van der Waals surface area contributed by atoms with Gasteiger partial charge in [-0.15, -0.1) is 0 Å². The molecule has 2 aromatic rings. The van der Waals surface area contributed by atoms with Crippen molar-refractivity contribution in [2.24, 2.45) is 0 Å². The van der Waals surface area contributed by atoms with Crippen LogP contribution >= 0.6 is 0 Å². The van der Waals surface area contributed by atoms with Gasteiger partial charge in [-0.1, -0.05) is 12.1 Å². The summed E-state index contributed by atoms with van der Waals surface area (Å²) in [5, 5.41) is 4.97. The van der Waals surface area contributed by atoms with Gasteiger partial charge in [-0.3, -0.25) is 9.59 Å². The molecule has 2 amide bonds. The summed E-state index contributed by atoms with van der Waals surface area (Å²) in [5.41, 5.74) is 0.820. The van der Waals surface area contributed by atoms with E-state index in [2.05, 4.69) is 15.4 Å². The maximum Gasteiger partial charge on any atom is 0.339 e. The van der Waals surface area contributed by atoms with Crippen LogP contribution in [0.5, 0.6) is 0 Å². The van der Waals surface area contributed by atoms with Crippen molar-refractivity contribution in [1.82, 2.24) is 0 Å². The van der Waals surface area contributed by atoms with Gasteiger partial charge in [-0.25, -0.2) is 9.18 Å². The molecular weight excluding hydrogens is 315 g/mol. The molecule has 6 nitrogen and oxygen atoms in total. The van der Waals surface area contributed by atoms with Crippen LogP contribution in [0.4, 0.5) is 15.8 Å².